The Kier molecular flexibility index (Phi) is 4.49. The molecule has 22 heavy (non-hydrogen) atoms. The summed E-state index contributed by atoms with van der Waals surface area (Å²) in [7, 11) is -4.22. The fourth-order valence-corrected chi connectivity index (χ4v) is 2.04. The molecule has 0 fully saturated rings. The first-order chi connectivity index (χ1) is 10.4. The summed E-state index contributed by atoms with van der Waals surface area (Å²) in [5, 5.41) is 14.4. The minimum absolute atomic E-state index is 0.00842. The molecule has 2 rings (SSSR count). The summed E-state index contributed by atoms with van der Waals surface area (Å²) in [6, 6.07) is 11.2. The summed E-state index contributed by atoms with van der Waals surface area (Å²) in [6.07, 6.45) is 1.46. The fourth-order valence-electron chi connectivity index (χ4n) is 1.56. The molecule has 9 heteroatoms. The van der Waals surface area contributed by atoms with Crippen LogP contribution in [0.15, 0.2) is 58.5 Å². The van der Waals surface area contributed by atoms with Crippen LogP contribution in [0.2, 0.25) is 0 Å². The van der Waals surface area contributed by atoms with Crippen molar-refractivity contribution in [1.82, 2.24) is 0 Å². The third-order valence-electron chi connectivity index (χ3n) is 2.66. The third-order valence-corrected chi connectivity index (χ3v) is 3.53. The first-order valence-electron chi connectivity index (χ1n) is 5.97. The number of hydrazone groups is 1. The maximum atomic E-state index is 10.9. The zero-order valence-electron chi connectivity index (χ0n) is 11.1. The molecule has 0 unspecified atom stereocenters. The molecule has 0 heterocycles. The molecule has 0 aromatic heterocycles. The standard InChI is InChI=1S/C13H11N3O5S/c17-16(18)12-5-1-10(2-6-12)9-14-15-11-3-7-13(8-4-11)22(19,20)21/h1-9,15H,(H,19,20,21). The topological polar surface area (TPSA) is 122 Å². The van der Waals surface area contributed by atoms with Crippen LogP contribution < -0.4 is 5.43 Å². The molecule has 0 amide bonds. The molecule has 2 N–H and O–H groups in total. The molecular formula is C13H11N3O5S. The van der Waals surface area contributed by atoms with Gasteiger partial charge in [-0.1, -0.05) is 0 Å². The maximum Gasteiger partial charge on any atom is 0.294 e. The van der Waals surface area contributed by atoms with Gasteiger partial charge in [0, 0.05) is 12.1 Å². The highest BCUT2D eigenvalue weighted by Crippen LogP contribution is 2.14. The Morgan fingerprint density at radius 3 is 2.18 bits per heavy atom. The molecule has 2 aromatic carbocycles. The average Bonchev–Trinajstić information content (AvgIpc) is 2.47. The van der Waals surface area contributed by atoms with Crippen molar-refractivity contribution >= 4 is 27.7 Å². The SMILES string of the molecule is O=[N+]([O-])c1ccc(C=NNc2ccc(S(=O)(=O)O)cc2)cc1. The van der Waals surface area contributed by atoms with E-state index in [1.807, 2.05) is 0 Å². The predicted molar refractivity (Wildman–Crippen MR) is 80.6 cm³/mol. The summed E-state index contributed by atoms with van der Waals surface area (Å²) in [6.45, 7) is 0. The predicted octanol–water partition coefficient (Wildman–Crippen LogP) is 2.29. The van der Waals surface area contributed by atoms with Crippen LogP contribution in [0.25, 0.3) is 0 Å². The Balaban J connectivity index is 2.01. The van der Waals surface area contributed by atoms with Crippen molar-refractivity contribution in [2.45, 2.75) is 4.90 Å². The van der Waals surface area contributed by atoms with Crippen molar-refractivity contribution in [2.24, 2.45) is 5.10 Å². The van der Waals surface area contributed by atoms with Gasteiger partial charge in [-0.15, -0.1) is 0 Å². The summed E-state index contributed by atoms with van der Waals surface area (Å²) >= 11 is 0. The second-order valence-electron chi connectivity index (χ2n) is 4.22. The Bertz CT molecular complexity index is 799. The van der Waals surface area contributed by atoms with E-state index in [2.05, 4.69) is 10.5 Å². The van der Waals surface area contributed by atoms with Crippen LogP contribution in [-0.2, 0) is 10.1 Å². The van der Waals surface area contributed by atoms with Gasteiger partial charge >= 0.3 is 0 Å². The van der Waals surface area contributed by atoms with Crippen LogP contribution in [0.4, 0.5) is 11.4 Å². The van der Waals surface area contributed by atoms with Crippen LogP contribution in [0.5, 0.6) is 0 Å². The number of benzene rings is 2. The van der Waals surface area contributed by atoms with Crippen LogP contribution >= 0.6 is 0 Å². The highest BCUT2D eigenvalue weighted by Gasteiger charge is 2.08. The molecule has 0 saturated carbocycles. The van der Waals surface area contributed by atoms with Gasteiger partial charge < -0.3 is 0 Å². The minimum atomic E-state index is -4.22. The van der Waals surface area contributed by atoms with E-state index in [0.29, 0.717) is 11.3 Å². The monoisotopic (exact) mass is 321 g/mol. The Morgan fingerprint density at radius 1 is 1.09 bits per heavy atom. The summed E-state index contributed by atoms with van der Waals surface area (Å²) in [5.74, 6) is 0. The van der Waals surface area contributed by atoms with E-state index in [1.165, 1.54) is 42.6 Å². The van der Waals surface area contributed by atoms with Crippen molar-refractivity contribution in [3.8, 4) is 0 Å². The maximum absolute atomic E-state index is 10.9. The van der Waals surface area contributed by atoms with E-state index in [9.17, 15) is 18.5 Å². The number of anilines is 1. The normalized spacial score (nSPS) is 11.5. The molecule has 0 spiro atoms. The fraction of sp³-hybridized carbons (Fsp3) is 0. The zero-order valence-corrected chi connectivity index (χ0v) is 11.9. The highest BCUT2D eigenvalue weighted by atomic mass is 32.2. The molecule has 8 nitrogen and oxygen atoms in total. The first kappa shape index (κ1) is 15.6. The van der Waals surface area contributed by atoms with Crippen molar-refractivity contribution in [2.75, 3.05) is 5.43 Å². The largest absolute Gasteiger partial charge is 0.294 e. The lowest BCUT2D eigenvalue weighted by atomic mass is 10.2. The highest BCUT2D eigenvalue weighted by molar-refractivity contribution is 7.85. The van der Waals surface area contributed by atoms with Crippen LogP contribution in [0.1, 0.15) is 5.56 Å². The Morgan fingerprint density at radius 2 is 1.68 bits per heavy atom. The summed E-state index contributed by atoms with van der Waals surface area (Å²) < 4.78 is 30.6. The number of nitrogens with zero attached hydrogens (tertiary/aromatic N) is 2. The zero-order chi connectivity index (χ0) is 16.2. The number of non-ortho nitro benzene ring substituents is 1. The van der Waals surface area contributed by atoms with Crippen molar-refractivity contribution in [3.05, 3.63) is 64.2 Å². The van der Waals surface area contributed by atoms with Crippen LogP contribution in [0.3, 0.4) is 0 Å². The van der Waals surface area contributed by atoms with Crippen molar-refractivity contribution in [3.63, 3.8) is 0 Å². The number of nitro benzene ring substituents is 1. The number of nitro groups is 1. The third kappa shape index (κ3) is 4.11. The van der Waals surface area contributed by atoms with Crippen LogP contribution in [0, 0.1) is 10.1 Å². The van der Waals surface area contributed by atoms with Crippen LogP contribution in [-0.4, -0.2) is 24.1 Å². The lowest BCUT2D eigenvalue weighted by Gasteiger charge is -2.01. The second-order valence-corrected chi connectivity index (χ2v) is 5.64. The van der Waals surface area contributed by atoms with Gasteiger partial charge in [0.1, 0.15) is 0 Å². The van der Waals surface area contributed by atoms with Gasteiger partial charge in [-0.3, -0.25) is 20.1 Å². The number of rotatable bonds is 5. The molecule has 0 aliphatic rings. The average molecular weight is 321 g/mol. The second kappa shape index (κ2) is 6.33. The molecule has 114 valence electrons. The first-order valence-corrected chi connectivity index (χ1v) is 7.41. The molecular weight excluding hydrogens is 310 g/mol. The van der Waals surface area contributed by atoms with E-state index < -0.39 is 15.0 Å². The lowest BCUT2D eigenvalue weighted by Crippen LogP contribution is -1.98. The smallest absolute Gasteiger partial charge is 0.282 e. The van der Waals surface area contributed by atoms with E-state index in [4.69, 9.17) is 4.55 Å². The number of hydrogen-bond donors (Lipinski definition) is 2. The van der Waals surface area contributed by atoms with E-state index in [0.717, 1.165) is 0 Å². The summed E-state index contributed by atoms with van der Waals surface area (Å²) in [5.41, 5.74) is 3.84. The van der Waals surface area contributed by atoms with Gasteiger partial charge in [0.2, 0.25) is 0 Å². The molecule has 0 atom stereocenters. The van der Waals surface area contributed by atoms with E-state index in [-0.39, 0.29) is 10.6 Å². The quantitative estimate of drug-likeness (QED) is 0.377. The number of nitrogens with one attached hydrogen (secondary N) is 1. The Hall–Kier alpha value is -2.78. The molecule has 0 aliphatic carbocycles. The van der Waals surface area contributed by atoms with Gasteiger partial charge in [-0.05, 0) is 42.0 Å². The molecule has 0 radical (unpaired) electrons. The minimum Gasteiger partial charge on any atom is -0.282 e. The summed E-state index contributed by atoms with van der Waals surface area (Å²) in [4.78, 5) is 9.81. The molecule has 0 aliphatic heterocycles. The van der Waals surface area contributed by atoms with E-state index in [1.54, 1.807) is 12.1 Å². The Labute approximate surface area is 126 Å². The van der Waals surface area contributed by atoms with Gasteiger partial charge in [0.25, 0.3) is 15.8 Å². The molecule has 0 bridgehead atoms. The van der Waals surface area contributed by atoms with Gasteiger partial charge in [-0.2, -0.15) is 13.5 Å². The van der Waals surface area contributed by atoms with Gasteiger partial charge in [0.15, 0.2) is 0 Å². The van der Waals surface area contributed by atoms with Gasteiger partial charge in [0.05, 0.1) is 21.7 Å². The van der Waals surface area contributed by atoms with Crippen molar-refractivity contribution in [1.29, 1.82) is 0 Å². The van der Waals surface area contributed by atoms with Gasteiger partial charge in [-0.25, -0.2) is 0 Å². The number of hydrogen-bond acceptors (Lipinski definition) is 6. The van der Waals surface area contributed by atoms with Crippen molar-refractivity contribution < 1.29 is 17.9 Å². The van der Waals surface area contributed by atoms with E-state index >= 15 is 0 Å². The lowest BCUT2D eigenvalue weighted by molar-refractivity contribution is -0.384. The molecule has 0 saturated heterocycles. The molecule has 2 aromatic rings.